The number of thiophene rings is 1. The topological polar surface area (TPSA) is 45.7 Å². The highest BCUT2D eigenvalue weighted by atomic mass is 127. The number of guanidine groups is 1. The van der Waals surface area contributed by atoms with Gasteiger partial charge in [0.2, 0.25) is 0 Å². The Bertz CT molecular complexity index is 396. The lowest BCUT2D eigenvalue weighted by Gasteiger charge is -2.16. The molecule has 0 radical (unpaired) electrons. The van der Waals surface area contributed by atoms with Gasteiger partial charge in [0.25, 0.3) is 0 Å². The molecule has 0 bridgehead atoms. The Morgan fingerprint density at radius 2 is 2.09 bits per heavy atom. The standard InChI is InChI=1S/C16H29N3OS.HI/c1-13(2)12-20-8-7-18-16(17-4)19-11-14(3)10-15-6-5-9-21-15;/h5-6,9,13-14H,7-8,10-12H2,1-4H3,(H2,17,18,19);1H. The summed E-state index contributed by atoms with van der Waals surface area (Å²) in [5, 5.41) is 8.78. The zero-order chi connectivity index (χ0) is 15.5. The molecule has 1 heterocycles. The van der Waals surface area contributed by atoms with Crippen LogP contribution in [0.15, 0.2) is 22.5 Å². The number of hydrogen-bond donors (Lipinski definition) is 2. The quantitative estimate of drug-likeness (QED) is 0.269. The minimum absolute atomic E-state index is 0. The third-order valence-electron chi connectivity index (χ3n) is 2.96. The minimum Gasteiger partial charge on any atom is -0.379 e. The zero-order valence-electron chi connectivity index (χ0n) is 14.1. The van der Waals surface area contributed by atoms with Crippen LogP contribution in [0.3, 0.4) is 0 Å². The summed E-state index contributed by atoms with van der Waals surface area (Å²) in [6.45, 7) is 9.79. The molecule has 6 heteroatoms. The smallest absolute Gasteiger partial charge is 0.191 e. The van der Waals surface area contributed by atoms with E-state index in [1.807, 2.05) is 11.3 Å². The Balaban J connectivity index is 0.00000441. The summed E-state index contributed by atoms with van der Waals surface area (Å²) < 4.78 is 5.54. The van der Waals surface area contributed by atoms with Crippen molar-refractivity contribution in [2.75, 3.05) is 33.4 Å². The molecule has 0 aliphatic heterocycles. The van der Waals surface area contributed by atoms with Crippen molar-refractivity contribution in [3.8, 4) is 0 Å². The summed E-state index contributed by atoms with van der Waals surface area (Å²) >= 11 is 1.82. The average molecular weight is 439 g/mol. The second-order valence-corrected chi connectivity index (χ2v) is 6.77. The lowest BCUT2D eigenvalue weighted by molar-refractivity contribution is 0.114. The molecule has 0 amide bonds. The van der Waals surface area contributed by atoms with Gasteiger partial charge in [-0.25, -0.2) is 0 Å². The molecule has 128 valence electrons. The lowest BCUT2D eigenvalue weighted by atomic mass is 10.1. The molecule has 0 saturated heterocycles. The van der Waals surface area contributed by atoms with Crippen molar-refractivity contribution in [2.24, 2.45) is 16.8 Å². The summed E-state index contributed by atoms with van der Waals surface area (Å²) in [6, 6.07) is 4.30. The molecule has 1 unspecified atom stereocenters. The normalized spacial score (nSPS) is 12.9. The fourth-order valence-corrected chi connectivity index (χ4v) is 2.77. The highest BCUT2D eigenvalue weighted by molar-refractivity contribution is 14.0. The average Bonchev–Trinajstić information content (AvgIpc) is 2.94. The highest BCUT2D eigenvalue weighted by Gasteiger charge is 2.06. The van der Waals surface area contributed by atoms with Crippen molar-refractivity contribution >= 4 is 41.3 Å². The van der Waals surface area contributed by atoms with Crippen molar-refractivity contribution in [2.45, 2.75) is 27.2 Å². The van der Waals surface area contributed by atoms with E-state index in [-0.39, 0.29) is 24.0 Å². The van der Waals surface area contributed by atoms with Gasteiger partial charge in [0.1, 0.15) is 0 Å². The number of halogens is 1. The molecule has 4 nitrogen and oxygen atoms in total. The van der Waals surface area contributed by atoms with Crippen LogP contribution in [-0.2, 0) is 11.2 Å². The first-order valence-electron chi connectivity index (χ1n) is 7.66. The molecule has 1 aromatic heterocycles. The first-order chi connectivity index (χ1) is 10.1. The molecule has 22 heavy (non-hydrogen) atoms. The minimum atomic E-state index is 0. The Labute approximate surface area is 156 Å². The molecule has 1 aromatic rings. The number of aliphatic imine (C=N–C) groups is 1. The monoisotopic (exact) mass is 439 g/mol. The third kappa shape index (κ3) is 10.4. The number of hydrogen-bond acceptors (Lipinski definition) is 3. The van der Waals surface area contributed by atoms with Crippen LogP contribution >= 0.6 is 35.3 Å². The Morgan fingerprint density at radius 1 is 1.32 bits per heavy atom. The molecule has 0 aromatic carbocycles. The van der Waals surface area contributed by atoms with E-state index in [2.05, 4.69) is 53.9 Å². The molecular formula is C16H30IN3OS. The van der Waals surface area contributed by atoms with E-state index in [9.17, 15) is 0 Å². The largest absolute Gasteiger partial charge is 0.379 e. The van der Waals surface area contributed by atoms with Gasteiger partial charge in [-0.3, -0.25) is 4.99 Å². The maximum atomic E-state index is 5.54. The van der Waals surface area contributed by atoms with Gasteiger partial charge in [0.05, 0.1) is 6.61 Å². The van der Waals surface area contributed by atoms with E-state index in [0.29, 0.717) is 18.4 Å². The van der Waals surface area contributed by atoms with Crippen LogP contribution in [0.1, 0.15) is 25.6 Å². The summed E-state index contributed by atoms with van der Waals surface area (Å²) in [4.78, 5) is 5.67. The van der Waals surface area contributed by atoms with E-state index in [4.69, 9.17) is 4.74 Å². The molecule has 0 fully saturated rings. The predicted octanol–water partition coefficient (Wildman–Crippen LogP) is 3.38. The van der Waals surface area contributed by atoms with Gasteiger partial charge in [0.15, 0.2) is 5.96 Å². The fourth-order valence-electron chi connectivity index (χ4n) is 1.90. The van der Waals surface area contributed by atoms with Gasteiger partial charge in [-0.1, -0.05) is 26.8 Å². The van der Waals surface area contributed by atoms with Crippen LogP contribution < -0.4 is 10.6 Å². The second-order valence-electron chi connectivity index (χ2n) is 5.74. The van der Waals surface area contributed by atoms with E-state index in [1.54, 1.807) is 7.05 Å². The Hall–Kier alpha value is -0.340. The van der Waals surface area contributed by atoms with E-state index in [0.717, 1.165) is 32.1 Å². The maximum absolute atomic E-state index is 5.54. The van der Waals surface area contributed by atoms with Crippen LogP contribution in [0.5, 0.6) is 0 Å². The predicted molar refractivity (Wildman–Crippen MR) is 108 cm³/mol. The van der Waals surface area contributed by atoms with Gasteiger partial charge in [-0.15, -0.1) is 35.3 Å². The van der Waals surface area contributed by atoms with Crippen LogP contribution in [0.4, 0.5) is 0 Å². The molecular weight excluding hydrogens is 409 g/mol. The highest BCUT2D eigenvalue weighted by Crippen LogP contribution is 2.13. The van der Waals surface area contributed by atoms with Gasteiger partial charge in [-0.2, -0.15) is 0 Å². The van der Waals surface area contributed by atoms with E-state index < -0.39 is 0 Å². The van der Waals surface area contributed by atoms with Crippen LogP contribution in [-0.4, -0.2) is 39.3 Å². The molecule has 0 saturated carbocycles. The number of nitrogens with zero attached hydrogens (tertiary/aromatic N) is 1. The fraction of sp³-hybridized carbons (Fsp3) is 0.688. The van der Waals surface area contributed by atoms with E-state index >= 15 is 0 Å². The zero-order valence-corrected chi connectivity index (χ0v) is 17.2. The SMILES string of the molecule is CN=C(NCCOCC(C)C)NCC(C)Cc1cccs1.I. The summed E-state index contributed by atoms with van der Waals surface area (Å²) in [6.07, 6.45) is 1.11. The lowest BCUT2D eigenvalue weighted by Crippen LogP contribution is -2.41. The van der Waals surface area contributed by atoms with Gasteiger partial charge in [0, 0.05) is 31.6 Å². The Kier molecular flexibility index (Phi) is 12.9. The first kappa shape index (κ1) is 21.7. The van der Waals surface area contributed by atoms with Crippen LogP contribution in [0.25, 0.3) is 0 Å². The van der Waals surface area contributed by atoms with Crippen molar-refractivity contribution in [3.63, 3.8) is 0 Å². The molecule has 1 rings (SSSR count). The number of nitrogens with one attached hydrogen (secondary N) is 2. The van der Waals surface area contributed by atoms with Crippen molar-refractivity contribution in [1.82, 2.24) is 10.6 Å². The van der Waals surface area contributed by atoms with Crippen molar-refractivity contribution in [1.29, 1.82) is 0 Å². The van der Waals surface area contributed by atoms with Gasteiger partial charge < -0.3 is 15.4 Å². The summed E-state index contributed by atoms with van der Waals surface area (Å²) in [5.41, 5.74) is 0. The molecule has 0 spiro atoms. The second kappa shape index (κ2) is 13.1. The van der Waals surface area contributed by atoms with E-state index in [1.165, 1.54) is 4.88 Å². The van der Waals surface area contributed by atoms with Gasteiger partial charge in [-0.05, 0) is 29.7 Å². The molecule has 0 aliphatic rings. The van der Waals surface area contributed by atoms with Gasteiger partial charge >= 0.3 is 0 Å². The molecule has 2 N–H and O–H groups in total. The number of rotatable bonds is 9. The summed E-state index contributed by atoms with van der Waals surface area (Å²) in [5.74, 6) is 2.01. The van der Waals surface area contributed by atoms with Crippen molar-refractivity contribution in [3.05, 3.63) is 22.4 Å². The summed E-state index contributed by atoms with van der Waals surface area (Å²) in [7, 11) is 1.80. The molecule has 0 aliphatic carbocycles. The molecule has 1 atom stereocenters. The Morgan fingerprint density at radius 3 is 2.68 bits per heavy atom. The third-order valence-corrected chi connectivity index (χ3v) is 3.86. The number of ether oxygens (including phenoxy) is 1. The van der Waals surface area contributed by atoms with Crippen LogP contribution in [0.2, 0.25) is 0 Å². The van der Waals surface area contributed by atoms with Crippen molar-refractivity contribution < 1.29 is 4.74 Å². The van der Waals surface area contributed by atoms with Crippen LogP contribution in [0, 0.1) is 11.8 Å². The first-order valence-corrected chi connectivity index (χ1v) is 8.54. The maximum Gasteiger partial charge on any atom is 0.191 e.